The first-order valence-corrected chi connectivity index (χ1v) is 8.08. The molecule has 1 atom stereocenters. The number of carbonyl (C=O) groups excluding carboxylic acids is 2. The Kier molecular flexibility index (Phi) is 4.89. The first-order chi connectivity index (χ1) is 11.6. The molecule has 2 heterocycles. The van der Waals surface area contributed by atoms with E-state index >= 15 is 0 Å². The first kappa shape index (κ1) is 16.2. The topological polar surface area (TPSA) is 59.5 Å². The predicted molar refractivity (Wildman–Crippen MR) is 89.3 cm³/mol. The highest BCUT2D eigenvalue weighted by atomic mass is 16.5. The molecule has 0 aliphatic carbocycles. The average molecular weight is 324 g/mol. The molecule has 5 nitrogen and oxygen atoms in total. The number of hydrogen-bond acceptors (Lipinski definition) is 4. The van der Waals surface area contributed by atoms with Gasteiger partial charge in [0, 0.05) is 25.2 Å². The molecule has 0 spiro atoms. The molecule has 1 aliphatic heterocycles. The maximum Gasteiger partial charge on any atom is 0.357 e. The molecule has 0 saturated carbocycles. The van der Waals surface area contributed by atoms with Crippen molar-refractivity contribution in [1.29, 1.82) is 0 Å². The minimum Gasteiger partial charge on any atom is -0.457 e. The molecule has 1 aromatic carbocycles. The lowest BCUT2D eigenvalue weighted by atomic mass is 10.1. The van der Waals surface area contributed by atoms with Crippen molar-refractivity contribution in [2.45, 2.75) is 32.4 Å². The smallest absolute Gasteiger partial charge is 0.357 e. The van der Waals surface area contributed by atoms with Crippen molar-refractivity contribution in [3.8, 4) is 0 Å². The molecule has 1 aromatic heterocycles. The molecule has 5 heteroatoms. The number of carbonyl (C=O) groups is 2. The number of hydrogen-bond donors (Lipinski definition) is 0. The van der Waals surface area contributed by atoms with Crippen molar-refractivity contribution in [2.75, 3.05) is 6.54 Å². The van der Waals surface area contributed by atoms with Crippen molar-refractivity contribution in [2.24, 2.45) is 0 Å². The van der Waals surface area contributed by atoms with Crippen LogP contribution in [0.1, 0.15) is 34.6 Å². The van der Waals surface area contributed by atoms with E-state index in [1.807, 2.05) is 48.2 Å². The van der Waals surface area contributed by atoms with Gasteiger partial charge >= 0.3 is 5.97 Å². The Hall–Kier alpha value is -2.69. The molecule has 24 heavy (non-hydrogen) atoms. The number of aromatic nitrogens is 1. The van der Waals surface area contributed by atoms with Gasteiger partial charge in [0.1, 0.15) is 11.8 Å². The summed E-state index contributed by atoms with van der Waals surface area (Å²) in [5.41, 5.74) is 2.15. The number of likely N-dealkylation sites (tertiary alicyclic amines) is 1. The molecule has 1 unspecified atom stereocenters. The number of ether oxygens (including phenoxy) is 1. The van der Waals surface area contributed by atoms with Crippen LogP contribution >= 0.6 is 0 Å². The third-order valence-electron chi connectivity index (χ3n) is 4.06. The minimum atomic E-state index is -0.465. The van der Waals surface area contributed by atoms with Crippen molar-refractivity contribution < 1.29 is 14.3 Å². The highest BCUT2D eigenvalue weighted by Gasteiger charge is 2.28. The summed E-state index contributed by atoms with van der Waals surface area (Å²) in [5.74, 6) is -0.451. The van der Waals surface area contributed by atoms with Crippen molar-refractivity contribution >= 4 is 11.9 Å². The summed E-state index contributed by atoms with van der Waals surface area (Å²) in [6.07, 6.45) is 0.500. The summed E-state index contributed by atoms with van der Waals surface area (Å²) < 4.78 is 5.45. The van der Waals surface area contributed by atoms with Gasteiger partial charge in [-0.1, -0.05) is 36.4 Å². The van der Waals surface area contributed by atoms with Crippen LogP contribution in [0.15, 0.2) is 48.5 Å². The Bertz CT molecular complexity index is 730. The standard InChI is InChI=1S/C19H20N2O3/c1-14-6-5-9-17(20-14)19(23)24-16-10-11-21(18(22)12-16)13-15-7-3-2-4-8-15/h2-9,16H,10-13H2,1H3. The summed E-state index contributed by atoms with van der Waals surface area (Å²) >= 11 is 0. The zero-order chi connectivity index (χ0) is 16.9. The van der Waals surface area contributed by atoms with Crippen LogP contribution in [-0.4, -0.2) is 34.4 Å². The quantitative estimate of drug-likeness (QED) is 0.812. The molecule has 0 radical (unpaired) electrons. The molecular formula is C19H20N2O3. The Morgan fingerprint density at radius 3 is 2.71 bits per heavy atom. The van der Waals surface area contributed by atoms with Gasteiger partial charge in [0.2, 0.25) is 5.91 Å². The summed E-state index contributed by atoms with van der Waals surface area (Å²) in [5, 5.41) is 0. The van der Waals surface area contributed by atoms with Crippen LogP contribution < -0.4 is 0 Å². The largest absolute Gasteiger partial charge is 0.457 e. The molecule has 2 aromatic rings. The fourth-order valence-electron chi connectivity index (χ4n) is 2.79. The Balaban J connectivity index is 1.55. The second-order valence-corrected chi connectivity index (χ2v) is 5.99. The van der Waals surface area contributed by atoms with Crippen LogP contribution in [0, 0.1) is 6.92 Å². The first-order valence-electron chi connectivity index (χ1n) is 8.08. The van der Waals surface area contributed by atoms with Gasteiger partial charge in [0.05, 0.1) is 6.42 Å². The normalized spacial score (nSPS) is 17.6. The lowest BCUT2D eigenvalue weighted by molar-refractivity contribution is -0.137. The van der Waals surface area contributed by atoms with Crippen LogP contribution in [0.5, 0.6) is 0 Å². The number of amides is 1. The second kappa shape index (κ2) is 7.25. The van der Waals surface area contributed by atoms with Crippen molar-refractivity contribution in [3.63, 3.8) is 0 Å². The highest BCUT2D eigenvalue weighted by molar-refractivity contribution is 5.87. The lowest BCUT2D eigenvalue weighted by Crippen LogP contribution is -2.41. The summed E-state index contributed by atoms with van der Waals surface area (Å²) in [6, 6.07) is 15.1. The molecule has 124 valence electrons. The molecule has 1 fully saturated rings. The van der Waals surface area contributed by atoms with E-state index in [0.717, 1.165) is 11.3 Å². The van der Waals surface area contributed by atoms with E-state index in [0.29, 0.717) is 19.5 Å². The fourth-order valence-corrected chi connectivity index (χ4v) is 2.79. The van der Waals surface area contributed by atoms with E-state index in [4.69, 9.17) is 4.74 Å². The monoisotopic (exact) mass is 324 g/mol. The number of pyridine rings is 1. The molecule has 0 bridgehead atoms. The number of aryl methyl sites for hydroxylation is 1. The van der Waals surface area contributed by atoms with E-state index in [1.54, 1.807) is 12.1 Å². The van der Waals surface area contributed by atoms with Gasteiger partial charge in [-0.15, -0.1) is 0 Å². The van der Waals surface area contributed by atoms with Crippen LogP contribution in [0.4, 0.5) is 0 Å². The summed E-state index contributed by atoms with van der Waals surface area (Å²) in [4.78, 5) is 30.4. The van der Waals surface area contributed by atoms with Gasteiger partial charge in [-0.25, -0.2) is 9.78 Å². The number of rotatable bonds is 4. The Morgan fingerprint density at radius 1 is 1.21 bits per heavy atom. The third kappa shape index (κ3) is 3.98. The minimum absolute atomic E-state index is 0.0140. The number of esters is 1. The fraction of sp³-hybridized carbons (Fsp3) is 0.316. The van der Waals surface area contributed by atoms with Gasteiger partial charge in [-0.3, -0.25) is 4.79 Å². The maximum absolute atomic E-state index is 12.3. The molecule has 1 saturated heterocycles. The van der Waals surface area contributed by atoms with Crippen LogP contribution in [-0.2, 0) is 16.1 Å². The number of benzene rings is 1. The molecule has 1 amide bonds. The van der Waals surface area contributed by atoms with Crippen molar-refractivity contribution in [3.05, 3.63) is 65.5 Å². The lowest BCUT2D eigenvalue weighted by Gasteiger charge is -2.31. The molecule has 3 rings (SSSR count). The van der Waals surface area contributed by atoms with Gasteiger partial charge in [0.25, 0.3) is 0 Å². The molecule has 1 aliphatic rings. The van der Waals surface area contributed by atoms with Crippen molar-refractivity contribution in [1.82, 2.24) is 9.88 Å². The summed E-state index contributed by atoms with van der Waals surface area (Å²) in [7, 11) is 0. The second-order valence-electron chi connectivity index (χ2n) is 5.99. The molecule has 0 N–H and O–H groups in total. The van der Waals surface area contributed by atoms with E-state index < -0.39 is 5.97 Å². The maximum atomic E-state index is 12.3. The zero-order valence-electron chi connectivity index (χ0n) is 13.6. The van der Waals surface area contributed by atoms with E-state index in [-0.39, 0.29) is 24.1 Å². The SMILES string of the molecule is Cc1cccc(C(=O)OC2CCN(Cc3ccccc3)C(=O)C2)n1. The van der Waals surface area contributed by atoms with Gasteiger partial charge in [-0.2, -0.15) is 0 Å². The van der Waals surface area contributed by atoms with Gasteiger partial charge in [0.15, 0.2) is 0 Å². The van der Waals surface area contributed by atoms with E-state index in [2.05, 4.69) is 4.98 Å². The summed E-state index contributed by atoms with van der Waals surface area (Å²) in [6.45, 7) is 3.01. The van der Waals surface area contributed by atoms with E-state index in [1.165, 1.54) is 0 Å². The predicted octanol–water partition coefficient (Wildman–Crippen LogP) is 2.74. The third-order valence-corrected chi connectivity index (χ3v) is 4.06. The van der Waals surface area contributed by atoms with Crippen LogP contribution in [0.3, 0.4) is 0 Å². The van der Waals surface area contributed by atoms with Crippen LogP contribution in [0.2, 0.25) is 0 Å². The van der Waals surface area contributed by atoms with Gasteiger partial charge in [-0.05, 0) is 24.6 Å². The average Bonchev–Trinajstić information content (AvgIpc) is 2.58. The Morgan fingerprint density at radius 2 is 2.00 bits per heavy atom. The zero-order valence-corrected chi connectivity index (χ0v) is 13.6. The Labute approximate surface area is 141 Å². The van der Waals surface area contributed by atoms with E-state index in [9.17, 15) is 9.59 Å². The highest BCUT2D eigenvalue weighted by Crippen LogP contribution is 2.18. The molecular weight excluding hydrogens is 304 g/mol. The number of nitrogens with zero attached hydrogens (tertiary/aromatic N) is 2. The van der Waals surface area contributed by atoms with Gasteiger partial charge < -0.3 is 9.64 Å². The number of piperidine rings is 1. The van der Waals surface area contributed by atoms with Crippen LogP contribution in [0.25, 0.3) is 0 Å².